The Morgan fingerprint density at radius 3 is 1.89 bits per heavy atom. The smallest absolute Gasteiger partial charge is 0.352 e. The van der Waals surface area contributed by atoms with E-state index in [4.69, 9.17) is 9.97 Å². The first kappa shape index (κ1) is 30.1. The van der Waals surface area contributed by atoms with Crippen LogP contribution in [0.25, 0.3) is 0 Å². The van der Waals surface area contributed by atoms with E-state index < -0.39 is 24.1 Å². The number of halogens is 3. The minimum Gasteiger partial charge on any atom is -0.352 e. The molecule has 0 amide bonds. The highest BCUT2D eigenvalue weighted by molar-refractivity contribution is 5.80. The van der Waals surface area contributed by atoms with Gasteiger partial charge in [-0.05, 0) is 30.5 Å². The van der Waals surface area contributed by atoms with Crippen LogP contribution in [0, 0.1) is 0 Å². The number of alkyl halides is 3. The van der Waals surface area contributed by atoms with Crippen molar-refractivity contribution in [2.45, 2.75) is 64.8 Å². The fourth-order valence-corrected chi connectivity index (χ4v) is 5.91. The van der Waals surface area contributed by atoms with Crippen molar-refractivity contribution in [3.05, 3.63) is 105 Å². The molecule has 0 fully saturated rings. The molecule has 5 aromatic rings. The maximum atomic E-state index is 13.7. The second-order valence-electron chi connectivity index (χ2n) is 11.4. The van der Waals surface area contributed by atoms with Crippen LogP contribution in [0.5, 0.6) is 0 Å². The molecule has 6 heterocycles. The highest BCUT2D eigenvalue weighted by atomic mass is 19.4. The van der Waals surface area contributed by atoms with E-state index in [1.54, 1.807) is 44.1 Å². The van der Waals surface area contributed by atoms with Crippen LogP contribution < -0.4 is 31.8 Å². The molecule has 4 aromatic heterocycles. The van der Waals surface area contributed by atoms with Gasteiger partial charge in [0.1, 0.15) is 24.0 Å². The van der Waals surface area contributed by atoms with E-state index in [-0.39, 0.29) is 29.0 Å². The molecule has 244 valence electrons. The molecule has 14 nitrogen and oxygen atoms in total. The van der Waals surface area contributed by atoms with Gasteiger partial charge >= 0.3 is 6.18 Å². The molecule has 2 aliphatic rings. The summed E-state index contributed by atoms with van der Waals surface area (Å²) in [6, 6.07) is 4.91. The maximum absolute atomic E-state index is 13.7. The number of hydrazine groups is 1. The number of aryl methyl sites for hydroxylation is 2. The van der Waals surface area contributed by atoms with Gasteiger partial charge in [0.15, 0.2) is 24.0 Å². The van der Waals surface area contributed by atoms with Crippen LogP contribution in [0.3, 0.4) is 0 Å². The number of nitrogens with zero attached hydrogens (tertiary/aromatic N) is 9. The van der Waals surface area contributed by atoms with Crippen molar-refractivity contribution in [2.75, 3.05) is 20.7 Å². The highest BCUT2D eigenvalue weighted by Gasteiger charge is 2.46. The second-order valence-corrected chi connectivity index (χ2v) is 11.4. The standard InChI is InChI=1S/C30H31F3N12O2/c1-3-9-41-16-34-26-22(28(41)46)39-24(19-11-36-37-12-19)44(26)45-25(40-23-27(45)35-17-42(10-4-2)29(23)47)20-13-38-43(15-20)14-18-5-7-21(8-6-18)30(31,32)33/h5-8,11-13,15-17,24-25,39-40H,3-4,9-10,14H2,1-2H3,(H,36,37). The van der Waals surface area contributed by atoms with Crippen LogP contribution in [0.1, 0.15) is 61.3 Å². The van der Waals surface area contributed by atoms with E-state index in [0.717, 1.165) is 25.0 Å². The fourth-order valence-electron chi connectivity index (χ4n) is 5.91. The average molecular weight is 649 g/mol. The van der Waals surface area contributed by atoms with Crippen molar-refractivity contribution in [3.8, 4) is 0 Å². The monoisotopic (exact) mass is 648 g/mol. The lowest BCUT2D eigenvalue weighted by Gasteiger charge is -2.37. The average Bonchev–Trinajstić information content (AvgIpc) is 3.85. The molecule has 7 rings (SSSR count). The molecular formula is C30H31F3N12O2. The number of anilines is 4. The molecule has 0 spiro atoms. The van der Waals surface area contributed by atoms with E-state index in [1.807, 2.05) is 13.8 Å². The van der Waals surface area contributed by atoms with Crippen molar-refractivity contribution in [3.63, 3.8) is 0 Å². The molecular weight excluding hydrogens is 617 g/mol. The van der Waals surface area contributed by atoms with E-state index in [0.29, 0.717) is 41.4 Å². The van der Waals surface area contributed by atoms with E-state index >= 15 is 0 Å². The Kier molecular flexibility index (Phi) is 7.44. The summed E-state index contributed by atoms with van der Waals surface area (Å²) in [5.74, 6) is 0.662. The summed E-state index contributed by atoms with van der Waals surface area (Å²) >= 11 is 0. The summed E-state index contributed by atoms with van der Waals surface area (Å²) in [7, 11) is 0. The van der Waals surface area contributed by atoms with Crippen molar-refractivity contribution in [1.82, 2.24) is 39.1 Å². The molecule has 2 unspecified atom stereocenters. The number of aromatic nitrogens is 8. The number of hydrogen-bond donors (Lipinski definition) is 3. The van der Waals surface area contributed by atoms with Crippen molar-refractivity contribution in [1.29, 1.82) is 0 Å². The summed E-state index contributed by atoms with van der Waals surface area (Å²) in [6.07, 6.45) is 5.37. The normalized spacial score (nSPS) is 17.0. The maximum Gasteiger partial charge on any atom is 0.416 e. The number of nitrogens with one attached hydrogen (secondary N) is 3. The predicted octanol–water partition coefficient (Wildman–Crippen LogP) is 4.08. The Morgan fingerprint density at radius 2 is 1.38 bits per heavy atom. The van der Waals surface area contributed by atoms with Gasteiger partial charge in [-0.15, -0.1) is 0 Å². The lowest BCUT2D eigenvalue weighted by molar-refractivity contribution is -0.137. The molecule has 17 heteroatoms. The fraction of sp³-hybridized carbons (Fsp3) is 0.333. The van der Waals surface area contributed by atoms with Crippen LogP contribution >= 0.6 is 0 Å². The van der Waals surface area contributed by atoms with Gasteiger partial charge < -0.3 is 10.6 Å². The second kappa shape index (κ2) is 11.6. The Morgan fingerprint density at radius 1 is 0.809 bits per heavy atom. The molecule has 0 aliphatic carbocycles. The van der Waals surface area contributed by atoms with E-state index in [9.17, 15) is 22.8 Å². The van der Waals surface area contributed by atoms with E-state index in [2.05, 4.69) is 25.9 Å². The Bertz CT molecular complexity index is 2020. The van der Waals surface area contributed by atoms with Crippen LogP contribution in [0.15, 0.2) is 71.3 Å². The predicted molar refractivity (Wildman–Crippen MR) is 167 cm³/mol. The first-order valence-electron chi connectivity index (χ1n) is 15.2. The number of benzene rings is 1. The Labute approximate surface area is 265 Å². The molecule has 0 saturated carbocycles. The largest absolute Gasteiger partial charge is 0.416 e. The zero-order chi connectivity index (χ0) is 32.9. The van der Waals surface area contributed by atoms with Gasteiger partial charge in [-0.1, -0.05) is 26.0 Å². The number of fused-ring (bicyclic) bond motifs is 2. The third-order valence-corrected chi connectivity index (χ3v) is 8.11. The molecule has 47 heavy (non-hydrogen) atoms. The van der Waals surface area contributed by atoms with Gasteiger partial charge in [0, 0.05) is 36.6 Å². The molecule has 2 aliphatic heterocycles. The van der Waals surface area contributed by atoms with Gasteiger partial charge in [-0.2, -0.15) is 23.4 Å². The van der Waals surface area contributed by atoms with Crippen molar-refractivity contribution in [2.24, 2.45) is 0 Å². The molecule has 0 bridgehead atoms. The van der Waals surface area contributed by atoms with Crippen LogP contribution in [0.2, 0.25) is 0 Å². The van der Waals surface area contributed by atoms with E-state index in [1.165, 1.54) is 29.4 Å². The first-order valence-corrected chi connectivity index (χ1v) is 15.2. The van der Waals surface area contributed by atoms with Crippen molar-refractivity contribution < 1.29 is 13.2 Å². The third-order valence-electron chi connectivity index (χ3n) is 8.11. The first-order chi connectivity index (χ1) is 22.7. The number of H-pyrrole nitrogens is 1. The highest BCUT2D eigenvalue weighted by Crippen LogP contribution is 2.47. The topological polar surface area (TPSA) is 147 Å². The molecule has 1 aromatic carbocycles. The summed E-state index contributed by atoms with van der Waals surface area (Å²) in [6.45, 7) is 5.11. The van der Waals surface area contributed by atoms with Gasteiger partial charge in [0.25, 0.3) is 11.1 Å². The minimum absolute atomic E-state index is 0.212. The van der Waals surface area contributed by atoms with Gasteiger partial charge in [-0.3, -0.25) is 28.5 Å². The van der Waals surface area contributed by atoms with Crippen LogP contribution in [0.4, 0.5) is 36.2 Å². The lowest BCUT2D eigenvalue weighted by Crippen LogP contribution is -2.47. The molecule has 0 saturated heterocycles. The Balaban J connectivity index is 1.32. The number of aromatic amines is 1. The molecule has 0 radical (unpaired) electrons. The lowest BCUT2D eigenvalue weighted by atomic mass is 10.1. The zero-order valence-corrected chi connectivity index (χ0v) is 25.4. The summed E-state index contributed by atoms with van der Waals surface area (Å²) in [5.41, 5.74) is 1.28. The summed E-state index contributed by atoms with van der Waals surface area (Å²) in [4.78, 5) is 36.7. The molecule has 3 N–H and O–H groups in total. The number of hydrogen-bond acceptors (Lipinski definition) is 10. The zero-order valence-electron chi connectivity index (χ0n) is 25.4. The summed E-state index contributed by atoms with van der Waals surface area (Å²) in [5, 5.41) is 21.6. The van der Waals surface area contributed by atoms with Gasteiger partial charge in [0.05, 0.1) is 24.5 Å². The summed E-state index contributed by atoms with van der Waals surface area (Å²) < 4.78 is 43.9. The van der Waals surface area contributed by atoms with Crippen molar-refractivity contribution >= 4 is 23.0 Å². The number of rotatable bonds is 9. The SMILES string of the molecule is CCCn1cnc2c(c1=O)NC(c1cn[nH]c1)N2N1c2ncn(CCC)c(=O)c2NC1c1cnn(Cc2ccc(C(F)(F)F)cc2)c1. The minimum atomic E-state index is -4.43. The van der Waals surface area contributed by atoms with Gasteiger partial charge in [-0.25, -0.2) is 20.0 Å². The van der Waals surface area contributed by atoms with Crippen LogP contribution in [-0.2, 0) is 25.8 Å². The quantitative estimate of drug-likeness (QED) is 0.214. The Hall–Kier alpha value is -5.61. The third kappa shape index (κ3) is 5.26. The molecule has 2 atom stereocenters. The van der Waals surface area contributed by atoms with Gasteiger partial charge in [0.2, 0.25) is 0 Å². The van der Waals surface area contributed by atoms with Crippen LogP contribution in [-0.4, -0.2) is 39.1 Å².